The van der Waals surface area contributed by atoms with Crippen LogP contribution in [-0.4, -0.2) is 11.2 Å². The normalized spacial score (nSPS) is 35.6. The molecule has 1 heteroatoms. The van der Waals surface area contributed by atoms with E-state index >= 15 is 0 Å². The predicted octanol–water partition coefficient (Wildman–Crippen LogP) is 3.28. The number of fused-ring (bicyclic) bond motifs is 1. The number of hydrogen-bond donors (Lipinski definition) is 1. The van der Waals surface area contributed by atoms with Crippen molar-refractivity contribution in [1.29, 1.82) is 0 Å². The van der Waals surface area contributed by atoms with Crippen LogP contribution in [0.2, 0.25) is 0 Å². The maximum absolute atomic E-state index is 10.3. The fourth-order valence-electron chi connectivity index (χ4n) is 3.26. The SMILES string of the molecule is O[C@H]1CCC2C=CC=CC2[C@H]1c1ccccc1. The van der Waals surface area contributed by atoms with Crippen molar-refractivity contribution >= 4 is 0 Å². The van der Waals surface area contributed by atoms with Crippen LogP contribution in [0.1, 0.15) is 24.3 Å². The molecule has 1 N–H and O–H groups in total. The molecule has 2 aliphatic rings. The summed E-state index contributed by atoms with van der Waals surface area (Å²) in [7, 11) is 0. The van der Waals surface area contributed by atoms with E-state index in [2.05, 4.69) is 48.6 Å². The molecule has 2 aliphatic carbocycles. The van der Waals surface area contributed by atoms with Gasteiger partial charge in [0, 0.05) is 5.92 Å². The summed E-state index contributed by atoms with van der Waals surface area (Å²) < 4.78 is 0. The maximum atomic E-state index is 10.3. The van der Waals surface area contributed by atoms with Crippen molar-refractivity contribution in [3.8, 4) is 0 Å². The van der Waals surface area contributed by atoms with E-state index in [0.717, 1.165) is 12.8 Å². The minimum Gasteiger partial charge on any atom is -0.392 e. The van der Waals surface area contributed by atoms with Gasteiger partial charge in [-0.25, -0.2) is 0 Å². The van der Waals surface area contributed by atoms with E-state index in [1.54, 1.807) is 0 Å². The first-order chi connectivity index (χ1) is 8.36. The number of aliphatic hydroxyl groups is 1. The van der Waals surface area contributed by atoms with Crippen LogP contribution in [0, 0.1) is 11.8 Å². The van der Waals surface area contributed by atoms with Crippen molar-refractivity contribution in [2.24, 2.45) is 11.8 Å². The van der Waals surface area contributed by atoms with Gasteiger partial charge in [0.15, 0.2) is 0 Å². The first kappa shape index (κ1) is 10.8. The molecular formula is C16H18O. The molecule has 0 spiro atoms. The number of rotatable bonds is 1. The summed E-state index contributed by atoms with van der Waals surface area (Å²) in [6.45, 7) is 0. The first-order valence-corrected chi connectivity index (χ1v) is 6.44. The van der Waals surface area contributed by atoms with Crippen molar-refractivity contribution < 1.29 is 5.11 Å². The maximum Gasteiger partial charge on any atom is 0.0614 e. The molecule has 0 aromatic heterocycles. The molecule has 1 fully saturated rings. The smallest absolute Gasteiger partial charge is 0.0614 e. The van der Waals surface area contributed by atoms with E-state index in [0.29, 0.717) is 11.8 Å². The first-order valence-electron chi connectivity index (χ1n) is 6.44. The number of benzene rings is 1. The molecule has 1 saturated carbocycles. The molecule has 1 nitrogen and oxygen atoms in total. The summed E-state index contributed by atoms with van der Waals surface area (Å²) in [5.41, 5.74) is 1.27. The fourth-order valence-corrected chi connectivity index (χ4v) is 3.26. The van der Waals surface area contributed by atoms with Crippen LogP contribution in [0.5, 0.6) is 0 Å². The monoisotopic (exact) mass is 226 g/mol. The highest BCUT2D eigenvalue weighted by molar-refractivity contribution is 5.28. The van der Waals surface area contributed by atoms with Gasteiger partial charge in [0.2, 0.25) is 0 Å². The van der Waals surface area contributed by atoms with Gasteiger partial charge >= 0.3 is 0 Å². The Kier molecular flexibility index (Phi) is 2.86. The van der Waals surface area contributed by atoms with E-state index in [4.69, 9.17) is 0 Å². The van der Waals surface area contributed by atoms with E-state index in [9.17, 15) is 5.11 Å². The second-order valence-electron chi connectivity index (χ2n) is 5.09. The molecule has 1 aromatic rings. The van der Waals surface area contributed by atoms with Gasteiger partial charge in [-0.2, -0.15) is 0 Å². The van der Waals surface area contributed by atoms with Gasteiger partial charge in [-0.1, -0.05) is 54.6 Å². The standard InChI is InChI=1S/C16H18O/c17-15-11-10-12-6-4-5-9-14(12)16(15)13-7-2-1-3-8-13/h1-9,12,14-17H,10-11H2/t12?,14?,15-,16+/m0/s1. The van der Waals surface area contributed by atoms with Gasteiger partial charge in [-0.05, 0) is 30.2 Å². The molecule has 0 bridgehead atoms. The third-order valence-electron chi connectivity index (χ3n) is 4.11. The van der Waals surface area contributed by atoms with Gasteiger partial charge in [0.1, 0.15) is 0 Å². The van der Waals surface area contributed by atoms with Gasteiger partial charge in [0.25, 0.3) is 0 Å². The highest BCUT2D eigenvalue weighted by atomic mass is 16.3. The summed E-state index contributed by atoms with van der Waals surface area (Å²) >= 11 is 0. The van der Waals surface area contributed by atoms with Crippen LogP contribution in [0.25, 0.3) is 0 Å². The molecule has 2 unspecified atom stereocenters. The van der Waals surface area contributed by atoms with E-state index < -0.39 is 0 Å². The Balaban J connectivity index is 1.95. The Morgan fingerprint density at radius 2 is 1.71 bits per heavy atom. The minimum absolute atomic E-state index is 0.199. The summed E-state index contributed by atoms with van der Waals surface area (Å²) in [5, 5.41) is 10.3. The summed E-state index contributed by atoms with van der Waals surface area (Å²) in [6.07, 6.45) is 10.7. The van der Waals surface area contributed by atoms with Crippen LogP contribution >= 0.6 is 0 Å². The topological polar surface area (TPSA) is 20.2 Å². The lowest BCUT2D eigenvalue weighted by Gasteiger charge is -2.40. The number of allylic oxidation sites excluding steroid dienone is 4. The third kappa shape index (κ3) is 1.96. The molecular weight excluding hydrogens is 208 g/mol. The molecule has 0 amide bonds. The summed E-state index contributed by atoms with van der Waals surface area (Å²) in [5.74, 6) is 1.33. The van der Waals surface area contributed by atoms with Gasteiger partial charge in [0.05, 0.1) is 6.10 Å². The van der Waals surface area contributed by atoms with E-state index in [1.165, 1.54) is 5.56 Å². The lowest BCUT2D eigenvalue weighted by molar-refractivity contribution is 0.0690. The molecule has 17 heavy (non-hydrogen) atoms. The molecule has 4 atom stereocenters. The van der Waals surface area contributed by atoms with Crippen LogP contribution in [0.4, 0.5) is 0 Å². The summed E-state index contributed by atoms with van der Waals surface area (Å²) in [6, 6.07) is 10.4. The average molecular weight is 226 g/mol. The van der Waals surface area contributed by atoms with Crippen LogP contribution in [0.3, 0.4) is 0 Å². The van der Waals surface area contributed by atoms with Gasteiger partial charge < -0.3 is 5.11 Å². The number of aliphatic hydroxyl groups excluding tert-OH is 1. The largest absolute Gasteiger partial charge is 0.392 e. The molecule has 3 rings (SSSR count). The quantitative estimate of drug-likeness (QED) is 0.779. The lowest BCUT2D eigenvalue weighted by Crippen LogP contribution is -2.35. The second-order valence-corrected chi connectivity index (χ2v) is 5.09. The van der Waals surface area contributed by atoms with Gasteiger partial charge in [-0.3, -0.25) is 0 Å². The van der Waals surface area contributed by atoms with Crippen LogP contribution in [-0.2, 0) is 0 Å². The van der Waals surface area contributed by atoms with E-state index in [-0.39, 0.29) is 12.0 Å². The fraction of sp³-hybridized carbons (Fsp3) is 0.375. The third-order valence-corrected chi connectivity index (χ3v) is 4.11. The molecule has 0 heterocycles. The molecule has 1 aromatic carbocycles. The van der Waals surface area contributed by atoms with Crippen molar-refractivity contribution in [3.05, 3.63) is 60.2 Å². The Morgan fingerprint density at radius 1 is 0.941 bits per heavy atom. The molecule has 88 valence electrons. The lowest BCUT2D eigenvalue weighted by atomic mass is 9.66. The van der Waals surface area contributed by atoms with Crippen molar-refractivity contribution in [2.75, 3.05) is 0 Å². The number of hydrogen-bond acceptors (Lipinski definition) is 1. The van der Waals surface area contributed by atoms with Crippen molar-refractivity contribution in [1.82, 2.24) is 0 Å². The van der Waals surface area contributed by atoms with Crippen LogP contribution < -0.4 is 0 Å². The average Bonchev–Trinajstić information content (AvgIpc) is 2.39. The highest BCUT2D eigenvalue weighted by Crippen LogP contribution is 2.43. The second kappa shape index (κ2) is 4.50. The minimum atomic E-state index is -0.199. The van der Waals surface area contributed by atoms with Crippen LogP contribution in [0.15, 0.2) is 54.6 Å². The van der Waals surface area contributed by atoms with Crippen molar-refractivity contribution in [3.63, 3.8) is 0 Å². The Bertz CT molecular complexity index is 432. The zero-order valence-corrected chi connectivity index (χ0v) is 9.87. The Labute approximate surface area is 102 Å². The van der Waals surface area contributed by atoms with E-state index in [1.807, 2.05) is 6.07 Å². The zero-order chi connectivity index (χ0) is 11.7. The van der Waals surface area contributed by atoms with Gasteiger partial charge in [-0.15, -0.1) is 0 Å². The molecule has 0 saturated heterocycles. The Morgan fingerprint density at radius 3 is 2.53 bits per heavy atom. The molecule has 0 aliphatic heterocycles. The Hall–Kier alpha value is -1.34. The summed E-state index contributed by atoms with van der Waals surface area (Å²) in [4.78, 5) is 0. The highest BCUT2D eigenvalue weighted by Gasteiger charge is 2.37. The van der Waals surface area contributed by atoms with Crippen molar-refractivity contribution in [2.45, 2.75) is 24.9 Å². The zero-order valence-electron chi connectivity index (χ0n) is 9.87. The predicted molar refractivity (Wildman–Crippen MR) is 69.7 cm³/mol. The molecule has 0 radical (unpaired) electrons.